The smallest absolute Gasteiger partial charge is 0.247 e. The highest BCUT2D eigenvalue weighted by Crippen LogP contribution is 2.36. The summed E-state index contributed by atoms with van der Waals surface area (Å²) in [6, 6.07) is 8.38. The number of rotatable bonds is 8. The fourth-order valence-electron chi connectivity index (χ4n) is 4.44. The van der Waals surface area contributed by atoms with Gasteiger partial charge in [-0.2, -0.15) is 24.7 Å². The Hall–Kier alpha value is -3.76. The minimum absolute atomic E-state index is 0.0338. The van der Waals surface area contributed by atoms with E-state index in [0.717, 1.165) is 29.8 Å². The summed E-state index contributed by atoms with van der Waals surface area (Å²) in [5.74, 6) is 0.493. The Kier molecular flexibility index (Phi) is 4.90. The lowest BCUT2D eigenvalue weighted by Crippen LogP contribution is -2.64. The highest BCUT2D eigenvalue weighted by molar-refractivity contribution is 7.89. The maximum absolute atomic E-state index is 12.2. The van der Waals surface area contributed by atoms with Gasteiger partial charge in [-0.05, 0) is 31.9 Å². The summed E-state index contributed by atoms with van der Waals surface area (Å²) in [4.78, 5) is 4.58. The first-order valence-electron chi connectivity index (χ1n) is 11.5. The van der Waals surface area contributed by atoms with Crippen LogP contribution in [-0.2, 0) is 15.6 Å². The van der Waals surface area contributed by atoms with E-state index in [9.17, 15) is 13.7 Å². The van der Waals surface area contributed by atoms with Gasteiger partial charge in [-0.3, -0.25) is 9.36 Å². The summed E-state index contributed by atoms with van der Waals surface area (Å²) in [7, 11) is -3.31. The maximum atomic E-state index is 12.2. The van der Waals surface area contributed by atoms with Gasteiger partial charge in [-0.25, -0.2) is 12.9 Å². The molecule has 4 aromatic heterocycles. The van der Waals surface area contributed by atoms with Gasteiger partial charge in [0.1, 0.15) is 5.54 Å². The number of fused-ring (bicyclic) bond motifs is 1. The van der Waals surface area contributed by atoms with E-state index in [1.165, 1.54) is 4.31 Å². The van der Waals surface area contributed by atoms with E-state index in [0.29, 0.717) is 17.6 Å². The largest absolute Gasteiger partial charge is 0.320 e. The van der Waals surface area contributed by atoms with Crippen LogP contribution in [0.25, 0.3) is 16.9 Å². The second-order valence-electron chi connectivity index (χ2n) is 9.08. The molecular weight excluding hydrogens is 468 g/mol. The summed E-state index contributed by atoms with van der Waals surface area (Å²) >= 11 is 0. The lowest BCUT2D eigenvalue weighted by atomic mass is 9.89. The second-order valence-corrected chi connectivity index (χ2v) is 11.3. The zero-order chi connectivity index (χ0) is 24.2. The summed E-state index contributed by atoms with van der Waals surface area (Å²) < 4.78 is 31.3. The molecule has 13 heteroatoms. The predicted octanol–water partition coefficient (Wildman–Crippen LogP) is 2.14. The number of pyridine rings is 1. The van der Waals surface area contributed by atoms with Gasteiger partial charge in [0, 0.05) is 31.0 Å². The van der Waals surface area contributed by atoms with Gasteiger partial charge in [-0.1, -0.05) is 6.07 Å². The molecule has 12 nitrogen and oxygen atoms in total. The molecule has 0 atom stereocenters. The van der Waals surface area contributed by atoms with E-state index in [2.05, 4.69) is 31.7 Å². The van der Waals surface area contributed by atoms with Crippen LogP contribution in [0.5, 0.6) is 0 Å². The Morgan fingerprint density at radius 2 is 2.03 bits per heavy atom. The number of hydrogen-bond acceptors (Lipinski definition) is 8. The third-order valence-corrected chi connectivity index (χ3v) is 8.38. The van der Waals surface area contributed by atoms with Crippen molar-refractivity contribution < 1.29 is 8.42 Å². The molecule has 1 saturated carbocycles. The van der Waals surface area contributed by atoms with Crippen molar-refractivity contribution in [1.29, 1.82) is 5.26 Å². The Morgan fingerprint density at radius 3 is 2.77 bits per heavy atom. The molecule has 1 aliphatic carbocycles. The Morgan fingerprint density at radius 1 is 1.20 bits per heavy atom. The molecule has 1 aliphatic heterocycles. The Balaban J connectivity index is 1.28. The molecule has 35 heavy (non-hydrogen) atoms. The normalized spacial score (nSPS) is 17.8. The monoisotopic (exact) mass is 492 g/mol. The average molecular weight is 493 g/mol. The van der Waals surface area contributed by atoms with Crippen molar-refractivity contribution in [2.24, 2.45) is 0 Å². The van der Waals surface area contributed by atoms with Crippen LogP contribution in [0.4, 0.5) is 11.6 Å². The SMILES string of the molecule is CCS(=O)(=O)N1CC(CC#N)(n2cc(-c3cccc4nc(Nc5cnn(C6CC6)c5)nn34)cn2)C1. The third kappa shape index (κ3) is 3.75. The van der Waals surface area contributed by atoms with Gasteiger partial charge < -0.3 is 5.32 Å². The van der Waals surface area contributed by atoms with Crippen LogP contribution in [0.2, 0.25) is 0 Å². The summed E-state index contributed by atoms with van der Waals surface area (Å²) in [5, 5.41) is 26.2. The van der Waals surface area contributed by atoms with Crippen molar-refractivity contribution in [2.45, 2.75) is 37.8 Å². The highest BCUT2D eigenvalue weighted by atomic mass is 32.2. The summed E-state index contributed by atoms with van der Waals surface area (Å²) in [6.45, 7) is 2.08. The number of sulfonamides is 1. The lowest BCUT2D eigenvalue weighted by molar-refractivity contribution is 0.0719. The highest BCUT2D eigenvalue weighted by Gasteiger charge is 2.49. The number of hydrogen-bond donors (Lipinski definition) is 1. The zero-order valence-electron chi connectivity index (χ0n) is 19.1. The van der Waals surface area contributed by atoms with Crippen molar-refractivity contribution in [1.82, 2.24) is 38.5 Å². The fourth-order valence-corrected chi connectivity index (χ4v) is 5.68. The molecular formula is C22H24N10O2S. The van der Waals surface area contributed by atoms with E-state index in [-0.39, 0.29) is 25.3 Å². The van der Waals surface area contributed by atoms with Crippen molar-refractivity contribution in [3.05, 3.63) is 43.0 Å². The van der Waals surface area contributed by atoms with Crippen molar-refractivity contribution in [3.63, 3.8) is 0 Å². The number of nitrogens with zero attached hydrogens (tertiary/aromatic N) is 9. The van der Waals surface area contributed by atoms with Crippen LogP contribution >= 0.6 is 0 Å². The average Bonchev–Trinajstić information content (AvgIpc) is 3.20. The third-order valence-electron chi connectivity index (χ3n) is 6.61. The standard InChI is InChI=1S/C22H24N10O2S/c1-2-35(33,34)29-14-22(15-29,8-9-23)31-12-16(10-25-31)19-4-3-5-20-27-21(28-32(19)20)26-17-11-24-30(13-17)18-6-7-18/h3-5,10-13,18H,2,6-8,14-15H2,1H3,(H,26,28). The van der Waals surface area contributed by atoms with E-state index >= 15 is 0 Å². The number of aromatic nitrogens is 7. The van der Waals surface area contributed by atoms with Crippen LogP contribution in [0.1, 0.15) is 32.2 Å². The number of anilines is 2. The molecule has 0 amide bonds. The Labute approximate surface area is 201 Å². The molecule has 0 unspecified atom stereocenters. The van der Waals surface area contributed by atoms with Crippen molar-refractivity contribution in [2.75, 3.05) is 24.2 Å². The van der Waals surface area contributed by atoms with E-state index in [1.54, 1.807) is 28.5 Å². The zero-order valence-corrected chi connectivity index (χ0v) is 19.9. The lowest BCUT2D eigenvalue weighted by Gasteiger charge is -2.47. The predicted molar refractivity (Wildman–Crippen MR) is 127 cm³/mol. The van der Waals surface area contributed by atoms with E-state index in [1.807, 2.05) is 35.3 Å². The van der Waals surface area contributed by atoms with Crippen LogP contribution < -0.4 is 5.32 Å². The Bertz CT molecular complexity index is 1550. The van der Waals surface area contributed by atoms with Gasteiger partial charge in [0.05, 0.1) is 48.1 Å². The first-order valence-corrected chi connectivity index (χ1v) is 13.1. The van der Waals surface area contributed by atoms with Gasteiger partial charge in [0.2, 0.25) is 16.0 Å². The van der Waals surface area contributed by atoms with Crippen LogP contribution in [0, 0.1) is 11.3 Å². The molecule has 0 radical (unpaired) electrons. The van der Waals surface area contributed by atoms with E-state index < -0.39 is 15.6 Å². The fraction of sp³-hybridized carbons (Fsp3) is 0.409. The minimum atomic E-state index is -3.31. The molecule has 0 bridgehead atoms. The second kappa shape index (κ2) is 7.89. The van der Waals surface area contributed by atoms with Crippen LogP contribution in [-0.4, -0.2) is 65.7 Å². The number of nitrogens with one attached hydrogen (secondary N) is 1. The molecule has 4 aromatic rings. The first-order chi connectivity index (χ1) is 16.9. The summed E-state index contributed by atoms with van der Waals surface area (Å²) in [6.07, 6.45) is 9.77. The molecule has 1 saturated heterocycles. The minimum Gasteiger partial charge on any atom is -0.320 e. The molecule has 2 fully saturated rings. The van der Waals surface area contributed by atoms with Crippen molar-refractivity contribution in [3.8, 4) is 17.3 Å². The first kappa shape index (κ1) is 21.8. The van der Waals surface area contributed by atoms with Gasteiger partial charge >= 0.3 is 0 Å². The van der Waals surface area contributed by atoms with Gasteiger partial charge in [-0.15, -0.1) is 5.10 Å². The quantitative estimate of drug-likeness (QED) is 0.395. The molecule has 0 spiro atoms. The van der Waals surface area contributed by atoms with Crippen molar-refractivity contribution >= 4 is 27.3 Å². The number of nitriles is 1. The topological polar surface area (TPSA) is 139 Å². The van der Waals surface area contributed by atoms with Crippen LogP contribution in [0.3, 0.4) is 0 Å². The maximum Gasteiger partial charge on any atom is 0.247 e. The van der Waals surface area contributed by atoms with Crippen LogP contribution in [0.15, 0.2) is 43.0 Å². The molecule has 0 aromatic carbocycles. The summed E-state index contributed by atoms with van der Waals surface area (Å²) in [5.41, 5.74) is 2.40. The molecule has 5 heterocycles. The van der Waals surface area contributed by atoms with Gasteiger partial charge in [0.25, 0.3) is 0 Å². The molecule has 180 valence electrons. The molecule has 6 rings (SSSR count). The van der Waals surface area contributed by atoms with Gasteiger partial charge in [0.15, 0.2) is 5.65 Å². The molecule has 1 N–H and O–H groups in total. The molecule has 2 aliphatic rings. The van der Waals surface area contributed by atoms with E-state index in [4.69, 9.17) is 0 Å².